The lowest BCUT2D eigenvalue weighted by atomic mass is 10.0. The lowest BCUT2D eigenvalue weighted by Crippen LogP contribution is -2.57. The molecule has 0 radical (unpaired) electrons. The molecule has 2 aromatic carbocycles. The lowest BCUT2D eigenvalue weighted by Gasteiger charge is -2.25. The van der Waals surface area contributed by atoms with Gasteiger partial charge < -0.3 is 41.6 Å². The standard InChI is InChI=1S/C30H35N5O8/c36-19-9-7-17(8-10-19)14-24(34-27(39)22-6-3-13-31-22)29(41)33-23(11-12-26(37)38)28(40)35-25(30(42)43)15-18-16-32-21-5-2-1-4-20(18)21/h1-2,4-5,7-10,16,22-25,31-32,36H,3,6,11-15H2,(H,33,41)(H,34,39)(H,35,40)(H,37,38)(H,42,43). The second kappa shape index (κ2) is 14.3. The van der Waals surface area contributed by atoms with Gasteiger partial charge in [-0.2, -0.15) is 0 Å². The predicted molar refractivity (Wildman–Crippen MR) is 155 cm³/mol. The average molecular weight is 594 g/mol. The molecule has 0 aliphatic carbocycles. The van der Waals surface area contributed by atoms with Gasteiger partial charge in [-0.05, 0) is 55.1 Å². The molecule has 1 aliphatic rings. The molecule has 1 aromatic heterocycles. The second-order valence-corrected chi connectivity index (χ2v) is 10.5. The summed E-state index contributed by atoms with van der Waals surface area (Å²) < 4.78 is 0. The largest absolute Gasteiger partial charge is 0.508 e. The van der Waals surface area contributed by atoms with Gasteiger partial charge in [-0.1, -0.05) is 30.3 Å². The molecule has 1 saturated heterocycles. The maximum absolute atomic E-state index is 13.5. The van der Waals surface area contributed by atoms with Crippen LogP contribution < -0.4 is 21.3 Å². The zero-order chi connectivity index (χ0) is 30.9. The van der Waals surface area contributed by atoms with Crippen molar-refractivity contribution in [2.45, 2.75) is 62.7 Å². The molecule has 0 spiro atoms. The number of aromatic hydroxyl groups is 1. The van der Waals surface area contributed by atoms with E-state index in [2.05, 4.69) is 26.3 Å². The van der Waals surface area contributed by atoms with Crippen LogP contribution in [-0.4, -0.2) is 80.7 Å². The molecule has 4 rings (SSSR count). The highest BCUT2D eigenvalue weighted by Gasteiger charge is 2.32. The molecule has 1 fully saturated rings. The molecule has 43 heavy (non-hydrogen) atoms. The quantitative estimate of drug-likeness (QED) is 0.133. The summed E-state index contributed by atoms with van der Waals surface area (Å²) >= 11 is 0. The lowest BCUT2D eigenvalue weighted by molar-refractivity contribution is -0.143. The Hall–Kier alpha value is -4.91. The van der Waals surface area contributed by atoms with E-state index in [-0.39, 0.29) is 25.0 Å². The van der Waals surface area contributed by atoms with Crippen molar-refractivity contribution in [3.8, 4) is 5.75 Å². The number of aliphatic carboxylic acids is 2. The van der Waals surface area contributed by atoms with Crippen molar-refractivity contribution in [3.63, 3.8) is 0 Å². The molecule has 1 aliphatic heterocycles. The minimum atomic E-state index is -1.39. The molecule has 0 saturated carbocycles. The molecular weight excluding hydrogens is 558 g/mol. The fourth-order valence-corrected chi connectivity index (χ4v) is 5.06. The van der Waals surface area contributed by atoms with E-state index in [9.17, 15) is 39.3 Å². The third kappa shape index (κ3) is 8.55. The molecule has 8 N–H and O–H groups in total. The van der Waals surface area contributed by atoms with Gasteiger partial charge in [-0.15, -0.1) is 0 Å². The van der Waals surface area contributed by atoms with Gasteiger partial charge >= 0.3 is 11.9 Å². The monoisotopic (exact) mass is 593 g/mol. The number of rotatable bonds is 14. The van der Waals surface area contributed by atoms with Crippen LogP contribution in [0.4, 0.5) is 0 Å². The first kappa shape index (κ1) is 31.0. The number of carbonyl (C=O) groups is 5. The average Bonchev–Trinajstić information content (AvgIpc) is 3.66. The van der Waals surface area contributed by atoms with E-state index in [0.29, 0.717) is 24.1 Å². The van der Waals surface area contributed by atoms with Crippen molar-refractivity contribution in [3.05, 3.63) is 65.9 Å². The first-order valence-corrected chi connectivity index (χ1v) is 14.0. The van der Waals surface area contributed by atoms with Crippen LogP contribution in [-0.2, 0) is 36.8 Å². The molecule has 3 amide bonds. The number of benzene rings is 2. The molecule has 2 heterocycles. The number of carbonyl (C=O) groups excluding carboxylic acids is 3. The Morgan fingerprint density at radius 3 is 2.23 bits per heavy atom. The van der Waals surface area contributed by atoms with Gasteiger partial charge in [0, 0.05) is 36.4 Å². The maximum Gasteiger partial charge on any atom is 0.326 e. The highest BCUT2D eigenvalue weighted by atomic mass is 16.4. The van der Waals surface area contributed by atoms with E-state index in [1.807, 2.05) is 24.3 Å². The van der Waals surface area contributed by atoms with Gasteiger partial charge in [-0.25, -0.2) is 4.79 Å². The Labute approximate surface area is 247 Å². The number of nitrogens with one attached hydrogen (secondary N) is 5. The van der Waals surface area contributed by atoms with Gasteiger partial charge in [0.1, 0.15) is 23.9 Å². The van der Waals surface area contributed by atoms with Gasteiger partial charge in [0.15, 0.2) is 0 Å². The summed E-state index contributed by atoms with van der Waals surface area (Å²) in [6.45, 7) is 0.660. The topological polar surface area (TPSA) is 210 Å². The van der Waals surface area contributed by atoms with Crippen molar-refractivity contribution >= 4 is 40.6 Å². The van der Waals surface area contributed by atoms with E-state index in [4.69, 9.17) is 0 Å². The highest BCUT2D eigenvalue weighted by Crippen LogP contribution is 2.19. The number of carboxylic acid groups (broad SMARTS) is 2. The molecule has 0 bridgehead atoms. The van der Waals surface area contributed by atoms with Crippen LogP contribution in [0, 0.1) is 0 Å². The zero-order valence-electron chi connectivity index (χ0n) is 23.3. The molecule has 13 nitrogen and oxygen atoms in total. The maximum atomic E-state index is 13.5. The molecule has 4 unspecified atom stereocenters. The molecule has 228 valence electrons. The smallest absolute Gasteiger partial charge is 0.326 e. The molecular formula is C30H35N5O8. The first-order chi connectivity index (χ1) is 20.6. The summed E-state index contributed by atoms with van der Waals surface area (Å²) in [6, 6.07) is 8.97. The third-order valence-electron chi connectivity index (χ3n) is 7.38. The van der Waals surface area contributed by atoms with Crippen molar-refractivity contribution < 1.29 is 39.3 Å². The van der Waals surface area contributed by atoms with Crippen molar-refractivity contribution in [1.82, 2.24) is 26.3 Å². The number of phenolic OH excluding ortho intramolecular Hbond substituents is 1. The summed E-state index contributed by atoms with van der Waals surface area (Å²) in [5, 5.41) is 40.3. The summed E-state index contributed by atoms with van der Waals surface area (Å²) in [5.41, 5.74) is 2.08. The summed E-state index contributed by atoms with van der Waals surface area (Å²) in [5.74, 6) is -4.49. The van der Waals surface area contributed by atoms with Crippen LogP contribution in [0.15, 0.2) is 54.7 Å². The highest BCUT2D eigenvalue weighted by molar-refractivity contribution is 5.94. The van der Waals surface area contributed by atoms with Crippen LogP contribution in [0.1, 0.15) is 36.8 Å². The van der Waals surface area contributed by atoms with Crippen LogP contribution in [0.5, 0.6) is 5.75 Å². The summed E-state index contributed by atoms with van der Waals surface area (Å²) in [6.07, 6.45) is 2.24. The van der Waals surface area contributed by atoms with Crippen molar-refractivity contribution in [2.75, 3.05) is 6.54 Å². The Balaban J connectivity index is 1.51. The van der Waals surface area contributed by atoms with Crippen molar-refractivity contribution in [1.29, 1.82) is 0 Å². The Bertz CT molecular complexity index is 1460. The number of hydrogen-bond donors (Lipinski definition) is 8. The number of fused-ring (bicyclic) bond motifs is 1. The van der Waals surface area contributed by atoms with E-state index >= 15 is 0 Å². The number of aromatic nitrogens is 1. The molecule has 13 heteroatoms. The fourth-order valence-electron chi connectivity index (χ4n) is 5.06. The number of para-hydroxylation sites is 1. The number of aromatic amines is 1. The van der Waals surface area contributed by atoms with Crippen molar-refractivity contribution in [2.24, 2.45) is 0 Å². The summed E-state index contributed by atoms with van der Waals surface area (Å²) in [4.78, 5) is 66.2. The SMILES string of the molecule is O=C(O)CCC(NC(=O)C(Cc1ccc(O)cc1)NC(=O)C1CCCN1)C(=O)NC(Cc1c[nH]c2ccccc12)C(=O)O. The van der Waals surface area contributed by atoms with Gasteiger partial charge in [-0.3, -0.25) is 19.2 Å². The summed E-state index contributed by atoms with van der Waals surface area (Å²) in [7, 11) is 0. The third-order valence-corrected chi connectivity index (χ3v) is 7.38. The normalized spacial score (nSPS) is 16.6. The number of hydrogen-bond acceptors (Lipinski definition) is 7. The number of H-pyrrole nitrogens is 1. The van der Waals surface area contributed by atoms with Crippen LogP contribution in [0.3, 0.4) is 0 Å². The van der Waals surface area contributed by atoms with E-state index < -0.39 is 60.2 Å². The minimum absolute atomic E-state index is 0.0231. The Kier molecular flexibility index (Phi) is 10.3. The number of amides is 3. The fraction of sp³-hybridized carbons (Fsp3) is 0.367. The van der Waals surface area contributed by atoms with E-state index in [1.54, 1.807) is 18.3 Å². The van der Waals surface area contributed by atoms with Crippen LogP contribution in [0.25, 0.3) is 10.9 Å². The molecule has 4 atom stereocenters. The number of carboxylic acids is 2. The van der Waals surface area contributed by atoms with E-state index in [1.165, 1.54) is 12.1 Å². The van der Waals surface area contributed by atoms with Crippen LogP contribution >= 0.6 is 0 Å². The predicted octanol–water partition coefficient (Wildman–Crippen LogP) is 0.815. The van der Waals surface area contributed by atoms with Gasteiger partial charge in [0.05, 0.1) is 6.04 Å². The van der Waals surface area contributed by atoms with Gasteiger partial charge in [0.2, 0.25) is 17.7 Å². The molecule has 3 aromatic rings. The first-order valence-electron chi connectivity index (χ1n) is 14.0. The number of phenols is 1. The van der Waals surface area contributed by atoms with E-state index in [0.717, 1.165) is 17.3 Å². The zero-order valence-corrected chi connectivity index (χ0v) is 23.3. The van der Waals surface area contributed by atoms with Crippen LogP contribution in [0.2, 0.25) is 0 Å². The van der Waals surface area contributed by atoms with Gasteiger partial charge in [0.25, 0.3) is 0 Å². The second-order valence-electron chi connectivity index (χ2n) is 10.5. The Morgan fingerprint density at radius 1 is 0.860 bits per heavy atom. The Morgan fingerprint density at radius 2 is 1.56 bits per heavy atom. The minimum Gasteiger partial charge on any atom is -0.508 e.